The molecular formula is C27H25NO5. The summed E-state index contributed by atoms with van der Waals surface area (Å²) in [7, 11) is 1.33. The molecule has 2 fully saturated rings. The molecule has 6 heteroatoms. The third kappa shape index (κ3) is 3.74. The van der Waals surface area contributed by atoms with Gasteiger partial charge in [0, 0.05) is 18.3 Å². The zero-order valence-electron chi connectivity index (χ0n) is 18.6. The van der Waals surface area contributed by atoms with Crippen LogP contribution in [0.25, 0.3) is 6.08 Å². The normalized spacial score (nSPS) is 28.9. The largest absolute Gasteiger partial charge is 0.465 e. The predicted octanol–water partition coefficient (Wildman–Crippen LogP) is 4.21. The van der Waals surface area contributed by atoms with Crippen LogP contribution in [-0.2, 0) is 19.1 Å². The fourth-order valence-electron chi connectivity index (χ4n) is 5.33. The predicted molar refractivity (Wildman–Crippen MR) is 122 cm³/mol. The van der Waals surface area contributed by atoms with Crippen molar-refractivity contribution in [1.29, 1.82) is 5.26 Å². The lowest BCUT2D eigenvalue weighted by Crippen LogP contribution is -2.41. The van der Waals surface area contributed by atoms with Crippen LogP contribution in [0.15, 0.2) is 65.8 Å². The fourth-order valence-corrected chi connectivity index (χ4v) is 5.33. The maximum absolute atomic E-state index is 13.2. The van der Waals surface area contributed by atoms with Gasteiger partial charge >= 0.3 is 11.9 Å². The number of hydrogen-bond donors (Lipinski definition) is 0. The molecule has 3 aliphatic rings. The summed E-state index contributed by atoms with van der Waals surface area (Å²) in [6.45, 7) is 1.89. The van der Waals surface area contributed by atoms with Gasteiger partial charge < -0.3 is 9.47 Å². The molecule has 4 rings (SSSR count). The second-order valence-corrected chi connectivity index (χ2v) is 8.44. The van der Waals surface area contributed by atoms with Gasteiger partial charge in [0.1, 0.15) is 0 Å². The number of methoxy groups -OCH3 is 1. The molecule has 1 aromatic carbocycles. The van der Waals surface area contributed by atoms with Gasteiger partial charge in [0.2, 0.25) is 0 Å². The van der Waals surface area contributed by atoms with Crippen LogP contribution in [0.3, 0.4) is 0 Å². The van der Waals surface area contributed by atoms with Crippen LogP contribution >= 0.6 is 0 Å². The van der Waals surface area contributed by atoms with Crippen LogP contribution in [0.4, 0.5) is 0 Å². The van der Waals surface area contributed by atoms with Crippen LogP contribution < -0.4 is 0 Å². The summed E-state index contributed by atoms with van der Waals surface area (Å²) >= 11 is 0. The highest BCUT2D eigenvalue weighted by atomic mass is 16.5. The van der Waals surface area contributed by atoms with E-state index in [2.05, 4.69) is 6.07 Å². The van der Waals surface area contributed by atoms with E-state index in [9.17, 15) is 19.6 Å². The Labute approximate surface area is 192 Å². The fraction of sp³-hybridized carbons (Fsp3) is 0.333. The summed E-state index contributed by atoms with van der Waals surface area (Å²) < 4.78 is 10.1. The molecule has 0 saturated heterocycles. The molecule has 0 heterocycles. The number of carbonyl (C=O) groups excluding carboxylic acids is 3. The number of benzene rings is 1. The van der Waals surface area contributed by atoms with Gasteiger partial charge in [-0.05, 0) is 54.2 Å². The minimum Gasteiger partial charge on any atom is -0.465 e. The van der Waals surface area contributed by atoms with Crippen LogP contribution in [0.5, 0.6) is 0 Å². The number of ketones is 1. The molecule has 0 spiro atoms. The van der Waals surface area contributed by atoms with E-state index in [1.807, 2.05) is 36.5 Å². The quantitative estimate of drug-likeness (QED) is 0.511. The Kier molecular flexibility index (Phi) is 6.15. The molecule has 0 aliphatic heterocycles. The molecule has 0 bridgehead atoms. The van der Waals surface area contributed by atoms with Crippen LogP contribution in [0.2, 0.25) is 0 Å². The van der Waals surface area contributed by atoms with Crippen molar-refractivity contribution in [2.75, 3.05) is 13.7 Å². The van der Waals surface area contributed by atoms with Crippen molar-refractivity contribution in [3.05, 3.63) is 76.9 Å². The SMILES string of the molecule is CCOC(=O)[C@@]1(C#N)C2=CC=CC=C[C@@H]2[C@@H]2C/C(=C\c3ccc(C(=O)OC)cc3)C(=O)C[C@@H]21. The van der Waals surface area contributed by atoms with Crippen molar-refractivity contribution in [3.63, 3.8) is 0 Å². The molecule has 0 radical (unpaired) electrons. The maximum atomic E-state index is 13.2. The van der Waals surface area contributed by atoms with Gasteiger partial charge in [-0.1, -0.05) is 42.5 Å². The first kappa shape index (κ1) is 22.5. The Balaban J connectivity index is 1.71. The lowest BCUT2D eigenvalue weighted by molar-refractivity contribution is -0.152. The topological polar surface area (TPSA) is 93.5 Å². The number of carbonyl (C=O) groups is 3. The van der Waals surface area contributed by atoms with E-state index >= 15 is 0 Å². The Morgan fingerprint density at radius 1 is 1.18 bits per heavy atom. The van der Waals surface area contributed by atoms with Crippen molar-refractivity contribution >= 4 is 23.8 Å². The van der Waals surface area contributed by atoms with Gasteiger partial charge in [0.05, 0.1) is 25.3 Å². The smallest absolute Gasteiger partial charge is 0.337 e. The lowest BCUT2D eigenvalue weighted by Gasteiger charge is -2.33. The number of ether oxygens (including phenoxy) is 2. The average molecular weight is 443 g/mol. The standard InChI is InChI=1S/C27H25NO5/c1-3-33-26(31)27(16-28)22-8-6-4-5-7-20(22)21-14-19(24(29)15-23(21)27)13-17-9-11-18(12-10-17)25(30)32-2/h4-13,20-21,23H,3,14-15H2,1-2H3/b19-13+/t20-,21+,23+,27+/m1/s1. The Morgan fingerprint density at radius 2 is 1.94 bits per heavy atom. The van der Waals surface area contributed by atoms with E-state index < -0.39 is 23.3 Å². The third-order valence-electron chi connectivity index (χ3n) is 6.83. The zero-order chi connectivity index (χ0) is 23.6. The third-order valence-corrected chi connectivity index (χ3v) is 6.83. The minimum absolute atomic E-state index is 0.0743. The molecule has 3 aliphatic carbocycles. The van der Waals surface area contributed by atoms with Crippen LogP contribution in [-0.4, -0.2) is 31.4 Å². The number of esters is 2. The second-order valence-electron chi connectivity index (χ2n) is 8.44. The summed E-state index contributed by atoms with van der Waals surface area (Å²) in [5, 5.41) is 10.3. The van der Waals surface area contributed by atoms with Crippen molar-refractivity contribution in [1.82, 2.24) is 0 Å². The van der Waals surface area contributed by atoms with Crippen LogP contribution in [0.1, 0.15) is 35.7 Å². The molecule has 0 aromatic heterocycles. The highest BCUT2D eigenvalue weighted by Gasteiger charge is 2.63. The van der Waals surface area contributed by atoms with Gasteiger partial charge in [0.15, 0.2) is 11.2 Å². The zero-order valence-corrected chi connectivity index (χ0v) is 18.6. The summed E-state index contributed by atoms with van der Waals surface area (Å²) in [6, 6.07) is 9.13. The highest BCUT2D eigenvalue weighted by Crippen LogP contribution is 2.60. The summed E-state index contributed by atoms with van der Waals surface area (Å²) in [5.74, 6) is -1.72. The number of Topliss-reactive ketones (excluding diaryl/α,β-unsaturated/α-hetero) is 1. The molecular weight excluding hydrogens is 418 g/mol. The van der Waals surface area contributed by atoms with E-state index in [1.54, 1.807) is 31.2 Å². The number of allylic oxidation sites excluding steroid dienone is 6. The summed E-state index contributed by atoms with van der Waals surface area (Å²) in [5.41, 5.74) is 1.13. The first-order valence-electron chi connectivity index (χ1n) is 11.0. The number of hydrogen-bond acceptors (Lipinski definition) is 6. The van der Waals surface area contributed by atoms with Crippen molar-refractivity contribution in [3.8, 4) is 6.07 Å². The Bertz CT molecular complexity index is 1150. The van der Waals surface area contributed by atoms with Crippen molar-refractivity contribution in [2.45, 2.75) is 19.8 Å². The molecule has 0 unspecified atom stereocenters. The monoisotopic (exact) mass is 443 g/mol. The Morgan fingerprint density at radius 3 is 2.61 bits per heavy atom. The molecule has 2 saturated carbocycles. The number of nitrogens with zero attached hydrogens (tertiary/aromatic N) is 1. The number of nitriles is 1. The van der Waals surface area contributed by atoms with Gasteiger partial charge in [-0.3, -0.25) is 4.79 Å². The first-order chi connectivity index (χ1) is 16.0. The molecule has 4 atom stereocenters. The summed E-state index contributed by atoms with van der Waals surface area (Å²) in [4.78, 5) is 38.0. The second kappa shape index (κ2) is 9.03. The minimum atomic E-state index is -1.46. The van der Waals surface area contributed by atoms with E-state index in [0.29, 0.717) is 23.1 Å². The van der Waals surface area contributed by atoms with E-state index in [1.165, 1.54) is 7.11 Å². The molecule has 0 N–H and O–H groups in total. The average Bonchev–Trinajstić information content (AvgIpc) is 2.95. The van der Waals surface area contributed by atoms with E-state index in [4.69, 9.17) is 9.47 Å². The highest BCUT2D eigenvalue weighted by molar-refractivity contribution is 6.02. The molecule has 1 aromatic rings. The van der Waals surface area contributed by atoms with E-state index in [0.717, 1.165) is 5.56 Å². The molecule has 6 nitrogen and oxygen atoms in total. The van der Waals surface area contributed by atoms with Gasteiger partial charge in [-0.2, -0.15) is 5.26 Å². The molecule has 0 amide bonds. The van der Waals surface area contributed by atoms with Crippen molar-refractivity contribution in [2.24, 2.45) is 23.2 Å². The Hall–Kier alpha value is -3.72. The molecule has 33 heavy (non-hydrogen) atoms. The van der Waals surface area contributed by atoms with Crippen LogP contribution in [0, 0.1) is 34.5 Å². The summed E-state index contributed by atoms with van der Waals surface area (Å²) in [6.07, 6.45) is 11.9. The van der Waals surface area contributed by atoms with E-state index in [-0.39, 0.29) is 30.6 Å². The number of fused-ring (bicyclic) bond motifs is 3. The van der Waals surface area contributed by atoms with Gasteiger partial charge in [-0.25, -0.2) is 9.59 Å². The first-order valence-corrected chi connectivity index (χ1v) is 11.0. The van der Waals surface area contributed by atoms with Gasteiger partial charge in [0.25, 0.3) is 0 Å². The van der Waals surface area contributed by atoms with Gasteiger partial charge in [-0.15, -0.1) is 0 Å². The molecule has 168 valence electrons. The van der Waals surface area contributed by atoms with Crippen molar-refractivity contribution < 1.29 is 23.9 Å². The number of rotatable bonds is 4. The maximum Gasteiger partial charge on any atom is 0.337 e. The lowest BCUT2D eigenvalue weighted by atomic mass is 9.67.